The maximum absolute atomic E-state index is 4.70. The van der Waals surface area contributed by atoms with Gasteiger partial charge < -0.3 is 15.2 Å². The van der Waals surface area contributed by atoms with E-state index in [1.54, 1.807) is 0 Å². The van der Waals surface area contributed by atoms with E-state index in [4.69, 9.17) is 4.98 Å². The van der Waals surface area contributed by atoms with Crippen LogP contribution in [0.1, 0.15) is 38.5 Å². The molecule has 2 fully saturated rings. The van der Waals surface area contributed by atoms with E-state index in [0.717, 1.165) is 63.5 Å². The van der Waals surface area contributed by atoms with E-state index >= 15 is 0 Å². The Morgan fingerprint density at radius 3 is 2.59 bits per heavy atom. The molecule has 5 aromatic rings. The van der Waals surface area contributed by atoms with E-state index in [2.05, 4.69) is 60.1 Å². The third-order valence-electron chi connectivity index (χ3n) is 7.86. The molecule has 6 heterocycles. The van der Waals surface area contributed by atoms with Gasteiger partial charge in [-0.25, -0.2) is 0 Å². The summed E-state index contributed by atoms with van der Waals surface area (Å²) in [6.07, 6.45) is 16.9. The van der Waals surface area contributed by atoms with Crippen LogP contribution in [-0.2, 0) is 0 Å². The van der Waals surface area contributed by atoms with Gasteiger partial charge in [-0.15, -0.1) is 0 Å². The van der Waals surface area contributed by atoms with Crippen LogP contribution >= 0.6 is 0 Å². The molecule has 186 valence electrons. The quantitative estimate of drug-likeness (QED) is 0.259. The summed E-state index contributed by atoms with van der Waals surface area (Å²) in [5.41, 5.74) is 8.78. The van der Waals surface area contributed by atoms with Crippen LogP contribution in [0.3, 0.4) is 0 Å². The number of nitrogens with one attached hydrogen (secondary N) is 3. The molecule has 0 amide bonds. The minimum absolute atomic E-state index is 0.563. The highest BCUT2D eigenvalue weighted by Gasteiger charge is 2.21. The third kappa shape index (κ3) is 4.02. The number of pyridine rings is 3. The van der Waals surface area contributed by atoms with Crippen molar-refractivity contribution in [2.45, 2.75) is 38.5 Å². The molecule has 5 aromatic heterocycles. The number of fused-ring (bicyclic) bond motifs is 2. The molecule has 1 aliphatic carbocycles. The number of H-pyrrole nitrogens is 2. The van der Waals surface area contributed by atoms with E-state index in [-0.39, 0.29) is 0 Å². The molecule has 0 radical (unpaired) electrons. The predicted molar refractivity (Wildman–Crippen MR) is 148 cm³/mol. The smallest absolute Gasteiger partial charge is 0.116 e. The zero-order valence-electron chi connectivity index (χ0n) is 20.8. The van der Waals surface area contributed by atoms with Gasteiger partial charge in [0.05, 0.1) is 58.6 Å². The Hall–Kier alpha value is -4.20. The number of aromatic amines is 2. The van der Waals surface area contributed by atoms with E-state index in [1.807, 2.05) is 31.0 Å². The molecule has 8 nitrogen and oxygen atoms in total. The summed E-state index contributed by atoms with van der Waals surface area (Å²) in [6.45, 7) is 6.39. The minimum atomic E-state index is 0.563. The fourth-order valence-corrected chi connectivity index (χ4v) is 5.52. The first-order valence-corrected chi connectivity index (χ1v) is 13.2. The fraction of sp³-hybridized carbons (Fsp3) is 0.310. The second kappa shape index (κ2) is 9.03. The van der Waals surface area contributed by atoms with E-state index in [0.29, 0.717) is 5.92 Å². The second-order valence-corrected chi connectivity index (χ2v) is 10.3. The van der Waals surface area contributed by atoms with Crippen LogP contribution in [0.4, 0.5) is 11.4 Å². The van der Waals surface area contributed by atoms with Crippen molar-refractivity contribution in [2.75, 3.05) is 23.3 Å². The monoisotopic (exact) mass is 490 g/mol. The summed E-state index contributed by atoms with van der Waals surface area (Å²) in [7, 11) is 0. The molecule has 0 aromatic carbocycles. The first kappa shape index (κ1) is 22.0. The number of nitrogens with zero attached hydrogens (tertiary/aromatic N) is 5. The number of hydrogen-bond acceptors (Lipinski definition) is 6. The van der Waals surface area contributed by atoms with Crippen molar-refractivity contribution in [1.29, 1.82) is 0 Å². The van der Waals surface area contributed by atoms with Crippen LogP contribution in [-0.4, -0.2) is 43.2 Å². The Labute approximate surface area is 215 Å². The van der Waals surface area contributed by atoms with Gasteiger partial charge in [-0.05, 0) is 56.2 Å². The van der Waals surface area contributed by atoms with Gasteiger partial charge in [0.15, 0.2) is 0 Å². The lowest BCUT2D eigenvalue weighted by molar-refractivity contribution is 0.371. The lowest BCUT2D eigenvalue weighted by atomic mass is 9.83. The molecule has 37 heavy (non-hydrogen) atoms. The normalized spacial score (nSPS) is 16.3. The number of anilines is 2. The van der Waals surface area contributed by atoms with Crippen LogP contribution in [0.15, 0.2) is 61.5 Å². The lowest BCUT2D eigenvalue weighted by Gasteiger charge is -2.28. The van der Waals surface area contributed by atoms with Gasteiger partial charge in [-0.1, -0.05) is 13.0 Å². The van der Waals surface area contributed by atoms with Crippen LogP contribution < -0.4 is 10.2 Å². The summed E-state index contributed by atoms with van der Waals surface area (Å²) >= 11 is 0. The zero-order valence-corrected chi connectivity index (χ0v) is 20.8. The highest BCUT2D eigenvalue weighted by Crippen LogP contribution is 2.35. The molecule has 3 N–H and O–H groups in total. The predicted octanol–water partition coefficient (Wildman–Crippen LogP) is 6.28. The molecule has 0 bridgehead atoms. The SMILES string of the molecule is C=C(Nc1cncc(-c2cc3c(-c4cc5c(N6CCCCC6)cncc5[nH]4)n[nH]c3cn2)c1)C1CCC1. The summed E-state index contributed by atoms with van der Waals surface area (Å²) in [6, 6.07) is 6.38. The Balaban J connectivity index is 1.23. The highest BCUT2D eigenvalue weighted by atomic mass is 15.1. The summed E-state index contributed by atoms with van der Waals surface area (Å²) < 4.78 is 0. The Morgan fingerprint density at radius 2 is 1.76 bits per heavy atom. The summed E-state index contributed by atoms with van der Waals surface area (Å²) in [4.78, 5) is 19.7. The first-order valence-electron chi connectivity index (χ1n) is 13.2. The minimum Gasteiger partial charge on any atom is -0.370 e. The Morgan fingerprint density at radius 1 is 0.892 bits per heavy atom. The molecule has 1 aliphatic heterocycles. The molecule has 8 heteroatoms. The summed E-state index contributed by atoms with van der Waals surface area (Å²) in [5, 5.41) is 13.5. The zero-order chi connectivity index (χ0) is 24.8. The van der Waals surface area contributed by atoms with E-state index < -0.39 is 0 Å². The van der Waals surface area contributed by atoms with E-state index in [9.17, 15) is 0 Å². The maximum atomic E-state index is 4.70. The Bertz CT molecular complexity index is 1600. The van der Waals surface area contributed by atoms with Gasteiger partial charge in [0.2, 0.25) is 0 Å². The molecule has 0 atom stereocenters. The largest absolute Gasteiger partial charge is 0.370 e. The second-order valence-electron chi connectivity index (χ2n) is 10.3. The molecular formula is C29H30N8. The standard InChI is InChI=1S/C29H30N8/c1-18(19-6-5-7-19)33-21-10-20(13-30-14-21)24-12-23-27(16-32-24)35-36-29(23)25-11-22-26(34-25)15-31-17-28(22)37-8-3-2-4-9-37/h10-17,19,33-34H,1-9H2,(H,35,36). The van der Waals surface area contributed by atoms with Crippen LogP contribution in [0.2, 0.25) is 0 Å². The molecule has 2 aliphatic rings. The molecule has 7 rings (SSSR count). The Kier molecular flexibility index (Phi) is 5.38. The van der Waals surface area contributed by atoms with Crippen LogP contribution in [0.5, 0.6) is 0 Å². The number of allylic oxidation sites excluding steroid dienone is 1. The van der Waals surface area contributed by atoms with Crippen molar-refractivity contribution in [2.24, 2.45) is 5.92 Å². The fourth-order valence-electron chi connectivity index (χ4n) is 5.52. The number of aromatic nitrogens is 6. The van der Waals surface area contributed by atoms with Gasteiger partial charge in [0.25, 0.3) is 0 Å². The molecule has 0 spiro atoms. The van der Waals surface area contributed by atoms with Gasteiger partial charge >= 0.3 is 0 Å². The number of rotatable bonds is 6. The lowest BCUT2D eigenvalue weighted by Crippen LogP contribution is -2.29. The van der Waals surface area contributed by atoms with Gasteiger partial charge in [0.1, 0.15) is 5.69 Å². The highest BCUT2D eigenvalue weighted by molar-refractivity contribution is 6.00. The molecule has 0 unspecified atom stereocenters. The molecular weight excluding hydrogens is 460 g/mol. The molecule has 1 saturated heterocycles. The number of hydrogen-bond donors (Lipinski definition) is 3. The third-order valence-corrected chi connectivity index (χ3v) is 7.86. The van der Waals surface area contributed by atoms with Gasteiger partial charge in [0, 0.05) is 41.3 Å². The van der Waals surface area contributed by atoms with Crippen LogP contribution in [0, 0.1) is 5.92 Å². The van der Waals surface area contributed by atoms with Gasteiger partial charge in [-0.2, -0.15) is 5.10 Å². The van der Waals surface area contributed by atoms with E-state index in [1.165, 1.54) is 49.6 Å². The van der Waals surface area contributed by atoms with Crippen molar-refractivity contribution in [3.8, 4) is 22.6 Å². The summed E-state index contributed by atoms with van der Waals surface area (Å²) in [5.74, 6) is 0.563. The number of piperidine rings is 1. The average Bonchev–Trinajstić information content (AvgIpc) is 3.52. The van der Waals surface area contributed by atoms with Crippen molar-refractivity contribution in [1.82, 2.24) is 30.1 Å². The first-order chi connectivity index (χ1) is 18.2. The van der Waals surface area contributed by atoms with Crippen molar-refractivity contribution in [3.63, 3.8) is 0 Å². The van der Waals surface area contributed by atoms with Crippen molar-refractivity contribution in [3.05, 3.63) is 61.5 Å². The van der Waals surface area contributed by atoms with Gasteiger partial charge in [-0.3, -0.25) is 20.1 Å². The van der Waals surface area contributed by atoms with Crippen LogP contribution in [0.25, 0.3) is 44.5 Å². The maximum Gasteiger partial charge on any atom is 0.116 e. The van der Waals surface area contributed by atoms with Crippen molar-refractivity contribution < 1.29 is 0 Å². The molecule has 1 saturated carbocycles. The van der Waals surface area contributed by atoms with Crippen molar-refractivity contribution >= 4 is 33.2 Å². The average molecular weight is 491 g/mol. The topological polar surface area (TPSA) is 98.4 Å².